The molecule has 1 atom stereocenters. The summed E-state index contributed by atoms with van der Waals surface area (Å²) in [5.41, 5.74) is 0.560. The van der Waals surface area contributed by atoms with E-state index in [-0.39, 0.29) is 23.6 Å². The van der Waals surface area contributed by atoms with Crippen molar-refractivity contribution in [1.29, 1.82) is 0 Å². The SMILES string of the molecule is CN1CCN(C(=O)CC2OC(=O)c3cc([N+](=O)[O-])ccc32)CC1. The predicted molar refractivity (Wildman–Crippen MR) is 79.9 cm³/mol. The van der Waals surface area contributed by atoms with Gasteiger partial charge in [0, 0.05) is 43.9 Å². The van der Waals surface area contributed by atoms with Crippen molar-refractivity contribution in [3.63, 3.8) is 0 Å². The van der Waals surface area contributed by atoms with Crippen LogP contribution in [0.1, 0.15) is 28.4 Å². The Morgan fingerprint density at radius 2 is 2.04 bits per heavy atom. The minimum atomic E-state index is -0.662. The van der Waals surface area contributed by atoms with Gasteiger partial charge in [-0.25, -0.2) is 4.79 Å². The molecule has 1 saturated heterocycles. The molecule has 0 bridgehead atoms. The Balaban J connectivity index is 1.73. The maximum atomic E-state index is 12.4. The van der Waals surface area contributed by atoms with E-state index in [1.165, 1.54) is 18.2 Å². The van der Waals surface area contributed by atoms with Gasteiger partial charge >= 0.3 is 5.97 Å². The number of non-ortho nitro benzene ring substituents is 1. The number of fused-ring (bicyclic) bond motifs is 1. The summed E-state index contributed by atoms with van der Waals surface area (Å²) in [6, 6.07) is 4.03. The molecule has 0 aromatic heterocycles. The van der Waals surface area contributed by atoms with Gasteiger partial charge in [-0.2, -0.15) is 0 Å². The van der Waals surface area contributed by atoms with E-state index in [4.69, 9.17) is 4.74 Å². The van der Waals surface area contributed by atoms with Gasteiger partial charge in [0.1, 0.15) is 6.10 Å². The fourth-order valence-corrected chi connectivity index (χ4v) is 2.87. The van der Waals surface area contributed by atoms with E-state index in [1.54, 1.807) is 4.90 Å². The average molecular weight is 319 g/mol. The van der Waals surface area contributed by atoms with Crippen LogP contribution >= 0.6 is 0 Å². The Labute approximate surface area is 132 Å². The maximum Gasteiger partial charge on any atom is 0.339 e. The first-order valence-corrected chi connectivity index (χ1v) is 7.41. The smallest absolute Gasteiger partial charge is 0.339 e. The van der Waals surface area contributed by atoms with Gasteiger partial charge in [-0.15, -0.1) is 0 Å². The molecule has 1 amide bonds. The van der Waals surface area contributed by atoms with Gasteiger partial charge in [0.05, 0.1) is 16.9 Å². The number of ether oxygens (including phenoxy) is 1. The van der Waals surface area contributed by atoms with Crippen LogP contribution in [-0.4, -0.2) is 59.8 Å². The Morgan fingerprint density at radius 3 is 2.70 bits per heavy atom. The second-order valence-corrected chi connectivity index (χ2v) is 5.81. The van der Waals surface area contributed by atoms with Crippen LogP contribution in [0.2, 0.25) is 0 Å². The molecule has 1 aromatic carbocycles. The largest absolute Gasteiger partial charge is 0.453 e. The molecule has 0 radical (unpaired) electrons. The van der Waals surface area contributed by atoms with Gasteiger partial charge in [0.25, 0.3) is 5.69 Å². The third-order valence-electron chi connectivity index (χ3n) is 4.28. The van der Waals surface area contributed by atoms with Crippen molar-refractivity contribution in [3.8, 4) is 0 Å². The Hall–Kier alpha value is -2.48. The number of nitrogens with zero attached hydrogens (tertiary/aromatic N) is 3. The monoisotopic (exact) mass is 319 g/mol. The van der Waals surface area contributed by atoms with Crippen molar-refractivity contribution in [2.24, 2.45) is 0 Å². The summed E-state index contributed by atoms with van der Waals surface area (Å²) < 4.78 is 5.23. The first-order chi connectivity index (χ1) is 11.0. The highest BCUT2D eigenvalue weighted by atomic mass is 16.6. The molecule has 122 valence electrons. The third-order valence-corrected chi connectivity index (χ3v) is 4.28. The Kier molecular flexibility index (Phi) is 3.99. The van der Waals surface area contributed by atoms with Gasteiger partial charge in [-0.3, -0.25) is 14.9 Å². The molecule has 0 saturated carbocycles. The van der Waals surface area contributed by atoms with Crippen molar-refractivity contribution >= 4 is 17.6 Å². The van der Waals surface area contributed by atoms with Crippen molar-refractivity contribution < 1.29 is 19.2 Å². The van der Waals surface area contributed by atoms with Crippen molar-refractivity contribution in [3.05, 3.63) is 39.4 Å². The Bertz CT molecular complexity index is 667. The molecule has 2 heterocycles. The fourth-order valence-electron chi connectivity index (χ4n) is 2.87. The van der Waals surface area contributed by atoms with Crippen LogP contribution in [0.3, 0.4) is 0 Å². The lowest BCUT2D eigenvalue weighted by atomic mass is 10.0. The second kappa shape index (κ2) is 5.96. The maximum absolute atomic E-state index is 12.4. The number of nitro benzene ring substituents is 1. The quantitative estimate of drug-likeness (QED) is 0.468. The van der Waals surface area contributed by atoms with E-state index in [1.807, 2.05) is 7.05 Å². The number of piperazine rings is 1. The number of hydrogen-bond acceptors (Lipinski definition) is 6. The molecule has 23 heavy (non-hydrogen) atoms. The first-order valence-electron chi connectivity index (χ1n) is 7.41. The van der Waals surface area contributed by atoms with Crippen LogP contribution in [0.5, 0.6) is 0 Å². The summed E-state index contributed by atoms with van der Waals surface area (Å²) in [4.78, 5) is 38.4. The van der Waals surface area contributed by atoms with Crippen LogP contribution < -0.4 is 0 Å². The number of cyclic esters (lactones) is 1. The number of carbonyl (C=O) groups excluding carboxylic acids is 2. The molecule has 0 N–H and O–H groups in total. The van der Waals surface area contributed by atoms with Crippen LogP contribution in [0.25, 0.3) is 0 Å². The van der Waals surface area contributed by atoms with Gasteiger partial charge in [-0.05, 0) is 13.1 Å². The van der Waals surface area contributed by atoms with Crippen molar-refractivity contribution in [2.45, 2.75) is 12.5 Å². The lowest BCUT2D eigenvalue weighted by Crippen LogP contribution is -2.47. The standard InChI is InChI=1S/C15H17N3O5/c1-16-4-6-17(7-5-16)14(19)9-13-11-3-2-10(18(21)22)8-12(11)15(20)23-13/h2-3,8,13H,4-7,9H2,1H3. The van der Waals surface area contributed by atoms with E-state index in [0.29, 0.717) is 18.7 Å². The lowest BCUT2D eigenvalue weighted by molar-refractivity contribution is -0.384. The number of likely N-dealkylation sites (N-methyl/N-ethyl adjacent to an activating group) is 1. The lowest BCUT2D eigenvalue weighted by Gasteiger charge is -2.32. The average Bonchev–Trinajstić information content (AvgIpc) is 2.83. The molecule has 1 unspecified atom stereocenters. The molecule has 1 aromatic rings. The molecule has 0 aliphatic carbocycles. The molecular weight excluding hydrogens is 302 g/mol. The first kappa shape index (κ1) is 15.4. The van der Waals surface area contributed by atoms with Crippen LogP contribution in [0.15, 0.2) is 18.2 Å². The predicted octanol–water partition coefficient (Wildman–Crippen LogP) is 0.970. The van der Waals surface area contributed by atoms with Gasteiger partial charge in [-0.1, -0.05) is 0 Å². The van der Waals surface area contributed by atoms with E-state index in [9.17, 15) is 19.7 Å². The number of carbonyl (C=O) groups is 2. The zero-order valence-corrected chi connectivity index (χ0v) is 12.7. The minimum absolute atomic E-state index is 0.0675. The number of rotatable bonds is 3. The highest BCUT2D eigenvalue weighted by Crippen LogP contribution is 2.35. The molecule has 8 nitrogen and oxygen atoms in total. The van der Waals surface area contributed by atoms with Crippen molar-refractivity contribution in [2.75, 3.05) is 33.2 Å². The molecule has 1 fully saturated rings. The van der Waals surface area contributed by atoms with Crippen LogP contribution in [-0.2, 0) is 9.53 Å². The topological polar surface area (TPSA) is 93.0 Å². The summed E-state index contributed by atoms with van der Waals surface area (Å²) in [6.45, 7) is 2.95. The molecule has 2 aliphatic rings. The number of hydrogen-bond donors (Lipinski definition) is 0. The molecule has 2 aliphatic heterocycles. The second-order valence-electron chi connectivity index (χ2n) is 5.81. The molecule has 3 rings (SSSR count). The van der Waals surface area contributed by atoms with E-state index in [2.05, 4.69) is 4.90 Å². The summed E-state index contributed by atoms with van der Waals surface area (Å²) in [5.74, 6) is -0.679. The number of benzene rings is 1. The third kappa shape index (κ3) is 3.02. The van der Waals surface area contributed by atoms with E-state index < -0.39 is 17.0 Å². The van der Waals surface area contributed by atoms with Crippen LogP contribution in [0, 0.1) is 10.1 Å². The minimum Gasteiger partial charge on any atom is -0.453 e. The number of nitro groups is 1. The van der Waals surface area contributed by atoms with Gasteiger partial charge in [0.2, 0.25) is 5.91 Å². The summed E-state index contributed by atoms with van der Waals surface area (Å²) in [6.07, 6.45) is -0.592. The highest BCUT2D eigenvalue weighted by molar-refractivity contribution is 5.95. The Morgan fingerprint density at radius 1 is 1.35 bits per heavy atom. The molecule has 8 heteroatoms. The normalized spacial score (nSPS) is 21.0. The number of amides is 1. The summed E-state index contributed by atoms with van der Waals surface area (Å²) in [5, 5.41) is 10.8. The number of esters is 1. The van der Waals surface area contributed by atoms with Crippen LogP contribution in [0.4, 0.5) is 5.69 Å². The van der Waals surface area contributed by atoms with Gasteiger partial charge < -0.3 is 14.5 Å². The zero-order valence-electron chi connectivity index (χ0n) is 12.7. The summed E-state index contributed by atoms with van der Waals surface area (Å²) >= 11 is 0. The van der Waals surface area contributed by atoms with E-state index in [0.717, 1.165) is 13.1 Å². The van der Waals surface area contributed by atoms with E-state index >= 15 is 0 Å². The van der Waals surface area contributed by atoms with Crippen molar-refractivity contribution in [1.82, 2.24) is 9.80 Å². The molecule has 0 spiro atoms. The van der Waals surface area contributed by atoms with Gasteiger partial charge in [0.15, 0.2) is 0 Å². The highest BCUT2D eigenvalue weighted by Gasteiger charge is 2.35. The fraction of sp³-hybridized carbons (Fsp3) is 0.467. The zero-order chi connectivity index (χ0) is 16.6. The molecular formula is C15H17N3O5. The summed E-state index contributed by atoms with van der Waals surface area (Å²) in [7, 11) is 2.00.